The zero-order valence-corrected chi connectivity index (χ0v) is 15.6. The maximum atomic E-state index is 12.9. The van der Waals surface area contributed by atoms with Crippen LogP contribution in [0.15, 0.2) is 48.7 Å². The maximum absolute atomic E-state index is 12.9. The number of benzene rings is 2. The Balaban J connectivity index is 1.59. The van der Waals surface area contributed by atoms with Gasteiger partial charge in [0.2, 0.25) is 0 Å². The van der Waals surface area contributed by atoms with E-state index in [0.29, 0.717) is 12.3 Å². The van der Waals surface area contributed by atoms with E-state index in [1.807, 2.05) is 36.5 Å². The number of nitrogens with zero attached hydrogens (tertiary/aromatic N) is 1. The number of hydrogen-bond donors (Lipinski definition) is 1. The first-order valence-electron chi connectivity index (χ1n) is 8.32. The first kappa shape index (κ1) is 18.4. The summed E-state index contributed by atoms with van der Waals surface area (Å²) in [6.07, 6.45) is 2.71. The molecule has 136 valence electrons. The first-order chi connectivity index (χ1) is 12.7. The van der Waals surface area contributed by atoms with Crippen molar-refractivity contribution in [2.24, 2.45) is 0 Å². The molecular weight excluding hydrogens is 351 g/mol. The Hall–Kier alpha value is -2.44. The van der Waals surface area contributed by atoms with Gasteiger partial charge in [-0.3, -0.25) is 0 Å². The first-order valence-corrected chi connectivity index (χ1v) is 9.14. The number of methoxy groups -OCH3 is 2. The second-order valence-electron chi connectivity index (χ2n) is 5.71. The summed E-state index contributed by atoms with van der Waals surface area (Å²) < 4.78 is 23.8. The van der Waals surface area contributed by atoms with Crippen molar-refractivity contribution in [3.05, 3.63) is 65.0 Å². The molecule has 26 heavy (non-hydrogen) atoms. The Labute approximate surface area is 156 Å². The van der Waals surface area contributed by atoms with E-state index >= 15 is 0 Å². The van der Waals surface area contributed by atoms with Crippen LogP contribution in [0.5, 0.6) is 11.5 Å². The average Bonchev–Trinajstić information content (AvgIpc) is 3.14. The second-order valence-corrected chi connectivity index (χ2v) is 6.83. The number of hydrogen-bond acceptors (Lipinski definition) is 5. The van der Waals surface area contributed by atoms with Crippen molar-refractivity contribution in [3.63, 3.8) is 0 Å². The minimum absolute atomic E-state index is 0.204. The van der Waals surface area contributed by atoms with Gasteiger partial charge >= 0.3 is 0 Å². The van der Waals surface area contributed by atoms with Gasteiger partial charge < -0.3 is 14.8 Å². The molecular formula is C20H21FN2O2S. The van der Waals surface area contributed by atoms with Crippen LogP contribution in [0.2, 0.25) is 0 Å². The molecule has 0 aliphatic carbocycles. The van der Waals surface area contributed by atoms with Crippen LogP contribution in [0, 0.1) is 5.82 Å². The molecule has 1 N–H and O–H groups in total. The van der Waals surface area contributed by atoms with Crippen molar-refractivity contribution in [1.29, 1.82) is 0 Å². The van der Waals surface area contributed by atoms with E-state index in [1.54, 1.807) is 25.6 Å². The quantitative estimate of drug-likeness (QED) is 0.599. The zero-order chi connectivity index (χ0) is 18.4. The molecule has 6 heteroatoms. The van der Waals surface area contributed by atoms with Gasteiger partial charge in [-0.1, -0.05) is 18.2 Å². The Kier molecular flexibility index (Phi) is 6.20. The van der Waals surface area contributed by atoms with Gasteiger partial charge in [-0.2, -0.15) is 0 Å². The standard InChI is InChI=1S/C20H21FN2O2S/c1-24-17-5-3-4-16(20(17)25-2)18-12-23-19(26-18)13-22-11-10-14-6-8-15(21)9-7-14/h3-9,12,22H,10-11,13H2,1-2H3. The number of para-hydroxylation sites is 1. The number of ether oxygens (including phenoxy) is 2. The van der Waals surface area contributed by atoms with Crippen molar-refractivity contribution in [2.75, 3.05) is 20.8 Å². The third-order valence-electron chi connectivity index (χ3n) is 4.00. The van der Waals surface area contributed by atoms with Gasteiger partial charge in [0.05, 0.1) is 19.1 Å². The Morgan fingerprint density at radius 2 is 1.88 bits per heavy atom. The molecule has 0 aliphatic rings. The molecule has 0 bridgehead atoms. The SMILES string of the molecule is COc1cccc(-c2cnc(CNCCc3ccc(F)cc3)s2)c1OC. The molecule has 3 aromatic rings. The highest BCUT2D eigenvalue weighted by molar-refractivity contribution is 7.15. The van der Waals surface area contributed by atoms with E-state index in [4.69, 9.17) is 9.47 Å². The van der Waals surface area contributed by atoms with Crippen molar-refractivity contribution in [2.45, 2.75) is 13.0 Å². The van der Waals surface area contributed by atoms with Crippen molar-refractivity contribution < 1.29 is 13.9 Å². The number of rotatable bonds is 8. The van der Waals surface area contributed by atoms with E-state index in [0.717, 1.165) is 39.7 Å². The second kappa shape index (κ2) is 8.78. The van der Waals surface area contributed by atoms with E-state index in [9.17, 15) is 4.39 Å². The number of nitrogens with one attached hydrogen (secondary N) is 1. The minimum Gasteiger partial charge on any atom is -0.493 e. The fraction of sp³-hybridized carbons (Fsp3) is 0.250. The lowest BCUT2D eigenvalue weighted by molar-refractivity contribution is 0.356. The van der Waals surface area contributed by atoms with Crippen LogP contribution >= 0.6 is 11.3 Å². The van der Waals surface area contributed by atoms with Crippen LogP contribution in [0.4, 0.5) is 4.39 Å². The summed E-state index contributed by atoms with van der Waals surface area (Å²) in [5.74, 6) is 1.22. The molecule has 0 unspecified atom stereocenters. The monoisotopic (exact) mass is 372 g/mol. The Morgan fingerprint density at radius 3 is 2.62 bits per heavy atom. The van der Waals surface area contributed by atoms with Crippen LogP contribution in [-0.4, -0.2) is 25.7 Å². The highest BCUT2D eigenvalue weighted by atomic mass is 32.1. The molecule has 0 atom stereocenters. The van der Waals surface area contributed by atoms with Crippen LogP contribution in [0.1, 0.15) is 10.6 Å². The van der Waals surface area contributed by atoms with Crippen LogP contribution in [0.3, 0.4) is 0 Å². The van der Waals surface area contributed by atoms with Gasteiger partial charge in [0, 0.05) is 18.3 Å². The molecule has 0 amide bonds. The van der Waals surface area contributed by atoms with Gasteiger partial charge in [-0.15, -0.1) is 11.3 Å². The molecule has 1 aromatic heterocycles. The largest absolute Gasteiger partial charge is 0.493 e. The predicted molar refractivity (Wildman–Crippen MR) is 102 cm³/mol. The molecule has 0 fully saturated rings. The normalized spacial score (nSPS) is 10.7. The van der Waals surface area contributed by atoms with Crippen molar-refractivity contribution >= 4 is 11.3 Å². The highest BCUT2D eigenvalue weighted by Gasteiger charge is 2.13. The summed E-state index contributed by atoms with van der Waals surface area (Å²) in [6, 6.07) is 12.4. The third kappa shape index (κ3) is 4.39. The molecule has 1 heterocycles. The van der Waals surface area contributed by atoms with Crippen LogP contribution < -0.4 is 14.8 Å². The minimum atomic E-state index is -0.204. The third-order valence-corrected chi connectivity index (χ3v) is 5.03. The average molecular weight is 372 g/mol. The summed E-state index contributed by atoms with van der Waals surface area (Å²) in [5, 5.41) is 4.38. The van der Waals surface area contributed by atoms with Gasteiger partial charge in [0.25, 0.3) is 0 Å². The van der Waals surface area contributed by atoms with Gasteiger partial charge in [-0.25, -0.2) is 9.37 Å². The molecule has 0 aliphatic heterocycles. The van der Waals surface area contributed by atoms with E-state index < -0.39 is 0 Å². The number of aromatic nitrogens is 1. The van der Waals surface area contributed by atoms with Crippen molar-refractivity contribution in [1.82, 2.24) is 10.3 Å². The number of thiazole rings is 1. The maximum Gasteiger partial charge on any atom is 0.169 e. The zero-order valence-electron chi connectivity index (χ0n) is 14.8. The molecule has 0 spiro atoms. The Bertz CT molecular complexity index is 849. The summed E-state index contributed by atoms with van der Waals surface area (Å²) in [4.78, 5) is 5.53. The van der Waals surface area contributed by atoms with Gasteiger partial charge in [-0.05, 0) is 42.8 Å². The fourth-order valence-corrected chi connectivity index (χ4v) is 3.59. The van der Waals surface area contributed by atoms with Gasteiger partial charge in [0.15, 0.2) is 11.5 Å². The molecule has 0 radical (unpaired) electrons. The molecule has 3 rings (SSSR count). The lowest BCUT2D eigenvalue weighted by Gasteiger charge is -2.10. The summed E-state index contributed by atoms with van der Waals surface area (Å²) in [6.45, 7) is 1.50. The van der Waals surface area contributed by atoms with Crippen molar-refractivity contribution in [3.8, 4) is 21.9 Å². The van der Waals surface area contributed by atoms with Crippen LogP contribution in [0.25, 0.3) is 10.4 Å². The topological polar surface area (TPSA) is 43.4 Å². The lowest BCUT2D eigenvalue weighted by atomic mass is 10.1. The molecule has 2 aromatic carbocycles. The molecule has 0 saturated heterocycles. The lowest BCUT2D eigenvalue weighted by Crippen LogP contribution is -2.16. The molecule has 4 nitrogen and oxygen atoms in total. The molecule has 0 saturated carbocycles. The smallest absolute Gasteiger partial charge is 0.169 e. The van der Waals surface area contributed by atoms with E-state index in [-0.39, 0.29) is 5.82 Å². The summed E-state index contributed by atoms with van der Waals surface area (Å²) in [7, 11) is 3.27. The Morgan fingerprint density at radius 1 is 1.08 bits per heavy atom. The summed E-state index contributed by atoms with van der Waals surface area (Å²) in [5.41, 5.74) is 2.08. The number of halogens is 1. The van der Waals surface area contributed by atoms with E-state index in [1.165, 1.54) is 12.1 Å². The predicted octanol–water partition coefficient (Wildman–Crippen LogP) is 4.30. The van der Waals surface area contributed by atoms with Gasteiger partial charge in [0.1, 0.15) is 10.8 Å². The summed E-state index contributed by atoms with van der Waals surface area (Å²) >= 11 is 1.62. The highest BCUT2D eigenvalue weighted by Crippen LogP contribution is 2.39. The van der Waals surface area contributed by atoms with Crippen LogP contribution in [-0.2, 0) is 13.0 Å². The fourth-order valence-electron chi connectivity index (χ4n) is 2.68. The van der Waals surface area contributed by atoms with E-state index in [2.05, 4.69) is 10.3 Å².